The van der Waals surface area contributed by atoms with E-state index in [1.54, 1.807) is 38.3 Å². The molecule has 0 aromatic heterocycles. The van der Waals surface area contributed by atoms with Gasteiger partial charge in [0.1, 0.15) is 5.75 Å². The van der Waals surface area contributed by atoms with Gasteiger partial charge in [0, 0.05) is 5.69 Å². The van der Waals surface area contributed by atoms with E-state index in [0.717, 1.165) is 16.8 Å². The molecule has 1 N–H and O–H groups in total. The second-order valence-corrected chi connectivity index (χ2v) is 5.56. The molecule has 1 atom stereocenters. The van der Waals surface area contributed by atoms with Crippen LogP contribution in [0.4, 0.5) is 5.69 Å². The van der Waals surface area contributed by atoms with Crippen LogP contribution in [0.5, 0.6) is 5.75 Å². The normalized spacial score (nSPS) is 11.6. The molecule has 0 heterocycles. The number of carbonyl (C=O) groups is 1. The first kappa shape index (κ1) is 19.1. The summed E-state index contributed by atoms with van der Waals surface area (Å²) < 4.78 is 10.6. The van der Waals surface area contributed by atoms with Crippen LogP contribution in [0.25, 0.3) is 6.08 Å². The summed E-state index contributed by atoms with van der Waals surface area (Å²) in [6.45, 7) is 3.99. The van der Waals surface area contributed by atoms with Crippen LogP contribution in [0.1, 0.15) is 36.6 Å². The van der Waals surface area contributed by atoms with Crippen molar-refractivity contribution in [2.75, 3.05) is 19.0 Å². The number of benzene rings is 2. The summed E-state index contributed by atoms with van der Waals surface area (Å²) in [7, 11) is 1.59. The molecule has 2 aromatic carbocycles. The summed E-state index contributed by atoms with van der Waals surface area (Å²) >= 11 is 0. The average molecular weight is 350 g/mol. The number of methoxy groups -OCH3 is 1. The van der Waals surface area contributed by atoms with Crippen molar-refractivity contribution < 1.29 is 14.3 Å². The molecular weight excluding hydrogens is 328 g/mol. The first-order valence-electron chi connectivity index (χ1n) is 8.36. The number of nitrogens with one attached hydrogen (secondary N) is 1. The highest BCUT2D eigenvalue weighted by atomic mass is 16.5. The Bertz CT molecular complexity index is 820. The van der Waals surface area contributed by atoms with Crippen LogP contribution >= 0.6 is 0 Å². The Kier molecular flexibility index (Phi) is 6.81. The van der Waals surface area contributed by atoms with Crippen molar-refractivity contribution in [2.24, 2.45) is 0 Å². The van der Waals surface area contributed by atoms with Gasteiger partial charge in [-0.2, -0.15) is 5.26 Å². The van der Waals surface area contributed by atoms with E-state index in [0.29, 0.717) is 11.3 Å². The summed E-state index contributed by atoms with van der Waals surface area (Å²) in [5.74, 6) is 0.281. The topological polar surface area (TPSA) is 71.3 Å². The van der Waals surface area contributed by atoms with E-state index in [1.807, 2.05) is 37.3 Å². The maximum atomic E-state index is 12.5. The summed E-state index contributed by atoms with van der Waals surface area (Å²) in [6, 6.07) is 13.9. The first-order chi connectivity index (χ1) is 12.6. The number of nitriles is 1. The van der Waals surface area contributed by atoms with E-state index in [2.05, 4.69) is 11.4 Å². The quantitative estimate of drug-likeness (QED) is 0.753. The molecule has 0 saturated carbocycles. The number of ether oxygens (including phenoxy) is 2. The van der Waals surface area contributed by atoms with Gasteiger partial charge in [0.25, 0.3) is 0 Å². The van der Waals surface area contributed by atoms with Gasteiger partial charge < -0.3 is 14.8 Å². The molecule has 0 spiro atoms. The van der Waals surface area contributed by atoms with Gasteiger partial charge in [-0.3, -0.25) is 0 Å². The number of hydrogen-bond donors (Lipinski definition) is 1. The Morgan fingerprint density at radius 2 is 2.00 bits per heavy atom. The highest BCUT2D eigenvalue weighted by Crippen LogP contribution is 2.27. The Balaban J connectivity index is 2.42. The highest BCUT2D eigenvalue weighted by molar-refractivity contribution is 5.81. The molecule has 2 rings (SSSR count). The zero-order chi connectivity index (χ0) is 18.9. The SMILES string of the molecule is CC=Cc1cc(OC)cc(C(Nc2ccc(C#N)cc2)C(=O)OCC)c1. The number of rotatable bonds is 7. The predicted octanol–water partition coefficient (Wildman–Crippen LogP) is 4.32. The number of hydrogen-bond acceptors (Lipinski definition) is 5. The molecular formula is C21H22N2O3. The molecule has 2 aromatic rings. The van der Waals surface area contributed by atoms with E-state index in [1.165, 1.54) is 0 Å². The Labute approximate surface area is 153 Å². The van der Waals surface area contributed by atoms with Crippen molar-refractivity contribution in [3.8, 4) is 11.8 Å². The van der Waals surface area contributed by atoms with Gasteiger partial charge in [-0.25, -0.2) is 4.79 Å². The maximum Gasteiger partial charge on any atom is 0.333 e. The standard InChI is InChI=1S/C21H22N2O3/c1-4-6-16-11-17(13-19(12-16)25-3)20(21(24)26-5-2)23-18-9-7-15(14-22)8-10-18/h4,6-13,20,23H,5H2,1-3H3. The number of allylic oxidation sites excluding steroid dienone is 1. The summed E-state index contributed by atoms with van der Waals surface area (Å²) in [4.78, 5) is 12.5. The van der Waals surface area contributed by atoms with Gasteiger partial charge in [0.2, 0.25) is 0 Å². The second kappa shape index (κ2) is 9.28. The minimum absolute atomic E-state index is 0.288. The lowest BCUT2D eigenvalue weighted by atomic mass is 10.0. The number of anilines is 1. The highest BCUT2D eigenvalue weighted by Gasteiger charge is 2.23. The first-order valence-corrected chi connectivity index (χ1v) is 8.36. The lowest BCUT2D eigenvalue weighted by molar-refractivity contribution is -0.144. The van der Waals surface area contributed by atoms with Crippen LogP contribution in [0, 0.1) is 11.3 Å². The number of nitrogens with zero attached hydrogens (tertiary/aromatic N) is 1. The van der Waals surface area contributed by atoms with Crippen LogP contribution < -0.4 is 10.1 Å². The van der Waals surface area contributed by atoms with Gasteiger partial charge >= 0.3 is 5.97 Å². The lowest BCUT2D eigenvalue weighted by Crippen LogP contribution is -2.23. The average Bonchev–Trinajstić information content (AvgIpc) is 2.66. The van der Waals surface area contributed by atoms with Crippen molar-refractivity contribution >= 4 is 17.7 Å². The molecule has 0 amide bonds. The predicted molar refractivity (Wildman–Crippen MR) is 102 cm³/mol. The Hall–Kier alpha value is -3.26. The van der Waals surface area contributed by atoms with E-state index < -0.39 is 6.04 Å². The summed E-state index contributed by atoms with van der Waals surface area (Å²) in [5.41, 5.74) is 2.94. The largest absolute Gasteiger partial charge is 0.497 e. The maximum absolute atomic E-state index is 12.5. The fraction of sp³-hybridized carbons (Fsp3) is 0.238. The third kappa shape index (κ3) is 4.87. The van der Waals surface area contributed by atoms with Gasteiger partial charge in [-0.1, -0.05) is 12.2 Å². The molecule has 0 fully saturated rings. The fourth-order valence-corrected chi connectivity index (χ4v) is 2.53. The van der Waals surface area contributed by atoms with E-state index in [-0.39, 0.29) is 12.6 Å². The smallest absolute Gasteiger partial charge is 0.333 e. The van der Waals surface area contributed by atoms with E-state index in [9.17, 15) is 4.79 Å². The molecule has 5 nitrogen and oxygen atoms in total. The van der Waals surface area contributed by atoms with Crippen LogP contribution in [-0.4, -0.2) is 19.7 Å². The van der Waals surface area contributed by atoms with E-state index in [4.69, 9.17) is 14.7 Å². The van der Waals surface area contributed by atoms with Crippen LogP contribution in [0.3, 0.4) is 0 Å². The monoisotopic (exact) mass is 350 g/mol. The lowest BCUT2D eigenvalue weighted by Gasteiger charge is -2.20. The Morgan fingerprint density at radius 3 is 2.58 bits per heavy atom. The van der Waals surface area contributed by atoms with Crippen LogP contribution in [0.2, 0.25) is 0 Å². The molecule has 1 unspecified atom stereocenters. The second-order valence-electron chi connectivity index (χ2n) is 5.56. The zero-order valence-electron chi connectivity index (χ0n) is 15.2. The molecule has 0 saturated heterocycles. The van der Waals surface area contributed by atoms with Gasteiger partial charge in [0.05, 0.1) is 25.3 Å². The summed E-state index contributed by atoms with van der Waals surface area (Å²) in [5, 5.41) is 12.1. The molecule has 0 aliphatic heterocycles. The van der Waals surface area contributed by atoms with Crippen LogP contribution in [0.15, 0.2) is 48.5 Å². The van der Waals surface area contributed by atoms with Crippen molar-refractivity contribution in [3.05, 3.63) is 65.2 Å². The number of carbonyl (C=O) groups excluding carboxylic acids is 1. The Morgan fingerprint density at radius 1 is 1.27 bits per heavy atom. The molecule has 26 heavy (non-hydrogen) atoms. The zero-order valence-corrected chi connectivity index (χ0v) is 15.2. The molecule has 0 bridgehead atoms. The minimum atomic E-state index is -0.693. The third-order valence-corrected chi connectivity index (χ3v) is 3.73. The molecule has 134 valence electrons. The van der Waals surface area contributed by atoms with Crippen molar-refractivity contribution in [1.29, 1.82) is 5.26 Å². The minimum Gasteiger partial charge on any atom is -0.497 e. The molecule has 0 aliphatic rings. The molecule has 0 aliphatic carbocycles. The van der Waals surface area contributed by atoms with Crippen molar-refractivity contribution in [1.82, 2.24) is 0 Å². The van der Waals surface area contributed by atoms with Gasteiger partial charge in [-0.15, -0.1) is 0 Å². The van der Waals surface area contributed by atoms with Gasteiger partial charge in [-0.05, 0) is 67.4 Å². The van der Waals surface area contributed by atoms with E-state index >= 15 is 0 Å². The summed E-state index contributed by atoms with van der Waals surface area (Å²) in [6.07, 6.45) is 3.86. The van der Waals surface area contributed by atoms with Crippen molar-refractivity contribution in [2.45, 2.75) is 19.9 Å². The number of esters is 1. The van der Waals surface area contributed by atoms with Crippen LogP contribution in [-0.2, 0) is 9.53 Å². The third-order valence-electron chi connectivity index (χ3n) is 3.73. The van der Waals surface area contributed by atoms with Gasteiger partial charge in [0.15, 0.2) is 6.04 Å². The van der Waals surface area contributed by atoms with Crippen molar-refractivity contribution in [3.63, 3.8) is 0 Å². The fourth-order valence-electron chi connectivity index (χ4n) is 2.53. The molecule has 5 heteroatoms. The molecule has 0 radical (unpaired) electrons.